The van der Waals surface area contributed by atoms with Crippen molar-refractivity contribution < 1.29 is 23.1 Å². The van der Waals surface area contributed by atoms with E-state index in [4.69, 9.17) is 0 Å². The number of benzene rings is 1. The number of carbonyl (C=O) groups is 2. The summed E-state index contributed by atoms with van der Waals surface area (Å²) in [4.78, 5) is 23.5. The molecule has 0 aromatic heterocycles. The van der Waals surface area contributed by atoms with Gasteiger partial charge in [-0.15, -0.1) is 0 Å². The molecule has 0 bridgehead atoms. The fraction of sp³-hybridized carbons (Fsp3) is 0.467. The van der Waals surface area contributed by atoms with Crippen molar-refractivity contribution in [1.29, 1.82) is 0 Å². The molecule has 114 valence electrons. The second-order valence-electron chi connectivity index (χ2n) is 5.20. The second kappa shape index (κ2) is 6.65. The van der Waals surface area contributed by atoms with Crippen LogP contribution in [0.3, 0.4) is 0 Å². The largest absolute Gasteiger partial charge is 0.467 e. The van der Waals surface area contributed by atoms with E-state index in [-0.39, 0.29) is 5.56 Å². The monoisotopic (exact) mass is 297 g/mol. The predicted octanol–water partition coefficient (Wildman–Crippen LogP) is 1.97. The third-order valence-corrected chi connectivity index (χ3v) is 3.49. The fourth-order valence-electron chi connectivity index (χ4n) is 2.15. The number of rotatable bonds is 6. The van der Waals surface area contributed by atoms with Crippen LogP contribution in [-0.4, -0.2) is 25.0 Å². The zero-order valence-corrected chi connectivity index (χ0v) is 11.7. The average molecular weight is 297 g/mol. The maximum atomic E-state index is 13.5. The topological polar surface area (TPSA) is 55.4 Å². The maximum Gasteiger partial charge on any atom is 0.328 e. The third-order valence-electron chi connectivity index (χ3n) is 3.49. The number of hydrogen-bond acceptors (Lipinski definition) is 3. The first-order valence-electron chi connectivity index (χ1n) is 6.81. The third kappa shape index (κ3) is 4.24. The number of halogens is 2. The van der Waals surface area contributed by atoms with Crippen LogP contribution in [0, 0.1) is 17.6 Å². The van der Waals surface area contributed by atoms with E-state index in [1.165, 1.54) is 13.2 Å². The number of amides is 1. The molecular weight excluding hydrogens is 280 g/mol. The minimum atomic E-state index is -0.776. The molecule has 1 aliphatic rings. The Kier molecular flexibility index (Phi) is 4.88. The first kappa shape index (κ1) is 15.4. The Labute approximate surface area is 121 Å². The molecular formula is C15H17F2NO3. The molecule has 1 aromatic carbocycles. The van der Waals surface area contributed by atoms with Gasteiger partial charge in [0.15, 0.2) is 0 Å². The normalized spacial score (nSPS) is 15.4. The van der Waals surface area contributed by atoms with Crippen LogP contribution in [0.15, 0.2) is 18.2 Å². The van der Waals surface area contributed by atoms with E-state index in [2.05, 4.69) is 10.1 Å². The molecule has 1 saturated carbocycles. The van der Waals surface area contributed by atoms with Crippen molar-refractivity contribution in [3.8, 4) is 0 Å². The highest BCUT2D eigenvalue weighted by Gasteiger charge is 2.31. The molecule has 6 heteroatoms. The van der Waals surface area contributed by atoms with Crippen LogP contribution in [0.1, 0.15) is 24.8 Å². The van der Waals surface area contributed by atoms with Crippen LogP contribution >= 0.6 is 0 Å². The lowest BCUT2D eigenvalue weighted by atomic mass is 10.1. The van der Waals surface area contributed by atoms with Gasteiger partial charge in [-0.2, -0.15) is 0 Å². The van der Waals surface area contributed by atoms with E-state index >= 15 is 0 Å². The van der Waals surface area contributed by atoms with Gasteiger partial charge in [0.05, 0.1) is 13.5 Å². The van der Waals surface area contributed by atoms with E-state index in [1.54, 1.807) is 0 Å². The smallest absolute Gasteiger partial charge is 0.328 e. The standard InChI is InChI=1S/C15H17F2NO3/c1-21-15(20)13(7-9-5-6-9)18-14(19)8-10-11(16)3-2-4-12(10)17/h2-4,9,13H,5-8H2,1H3,(H,18,19)/t13-/m1/s1. The van der Waals surface area contributed by atoms with Crippen LogP contribution in [0.25, 0.3) is 0 Å². The van der Waals surface area contributed by atoms with Gasteiger partial charge in [0.1, 0.15) is 17.7 Å². The van der Waals surface area contributed by atoms with Crippen LogP contribution < -0.4 is 5.32 Å². The van der Waals surface area contributed by atoms with E-state index < -0.39 is 36.0 Å². The lowest BCUT2D eigenvalue weighted by Gasteiger charge is -2.16. The number of ether oxygens (including phenoxy) is 1. The number of methoxy groups -OCH3 is 1. The molecule has 0 heterocycles. The van der Waals surface area contributed by atoms with Crippen molar-refractivity contribution in [3.05, 3.63) is 35.4 Å². The molecule has 0 saturated heterocycles. The highest BCUT2D eigenvalue weighted by atomic mass is 19.1. The molecule has 2 rings (SSSR count). The van der Waals surface area contributed by atoms with Gasteiger partial charge in [-0.1, -0.05) is 18.9 Å². The summed E-state index contributed by atoms with van der Waals surface area (Å²) in [5, 5.41) is 2.50. The molecule has 0 unspecified atom stereocenters. The summed E-state index contributed by atoms with van der Waals surface area (Å²) < 4.78 is 31.6. The number of nitrogens with one attached hydrogen (secondary N) is 1. The SMILES string of the molecule is COC(=O)[C@@H](CC1CC1)NC(=O)Cc1c(F)cccc1F. The lowest BCUT2D eigenvalue weighted by molar-refractivity contribution is -0.145. The quantitative estimate of drug-likeness (QED) is 0.817. The summed E-state index contributed by atoms with van der Waals surface area (Å²) in [7, 11) is 1.24. The minimum absolute atomic E-state index is 0.301. The molecule has 1 atom stereocenters. The summed E-state index contributed by atoms with van der Waals surface area (Å²) in [6, 6.07) is 2.66. The average Bonchev–Trinajstić information content (AvgIpc) is 3.25. The van der Waals surface area contributed by atoms with Crippen molar-refractivity contribution in [2.45, 2.75) is 31.7 Å². The zero-order valence-electron chi connectivity index (χ0n) is 11.7. The summed E-state index contributed by atoms with van der Waals surface area (Å²) in [6.07, 6.45) is 2.09. The van der Waals surface area contributed by atoms with Crippen LogP contribution in [-0.2, 0) is 20.7 Å². The second-order valence-corrected chi connectivity index (χ2v) is 5.20. The summed E-state index contributed by atoms with van der Waals surface area (Å²) in [5.41, 5.74) is -0.301. The Bertz CT molecular complexity index is 523. The van der Waals surface area contributed by atoms with Crippen molar-refractivity contribution >= 4 is 11.9 Å². The predicted molar refractivity (Wildman–Crippen MR) is 71.3 cm³/mol. The molecule has 21 heavy (non-hydrogen) atoms. The lowest BCUT2D eigenvalue weighted by Crippen LogP contribution is -2.42. The maximum absolute atomic E-state index is 13.5. The molecule has 0 aliphatic heterocycles. The highest BCUT2D eigenvalue weighted by Crippen LogP contribution is 2.33. The van der Waals surface area contributed by atoms with Gasteiger partial charge in [-0.05, 0) is 24.5 Å². The Hall–Kier alpha value is -1.98. The van der Waals surface area contributed by atoms with Gasteiger partial charge in [-0.25, -0.2) is 13.6 Å². The van der Waals surface area contributed by atoms with Gasteiger partial charge in [0.2, 0.25) is 5.91 Å². The first-order chi connectivity index (χ1) is 10.0. The van der Waals surface area contributed by atoms with Crippen molar-refractivity contribution in [2.24, 2.45) is 5.92 Å². The van der Waals surface area contributed by atoms with E-state index in [0.717, 1.165) is 25.0 Å². The van der Waals surface area contributed by atoms with Crippen LogP contribution in [0.2, 0.25) is 0 Å². The number of carbonyl (C=O) groups excluding carboxylic acids is 2. The van der Waals surface area contributed by atoms with Crippen LogP contribution in [0.4, 0.5) is 8.78 Å². The first-order valence-corrected chi connectivity index (χ1v) is 6.81. The highest BCUT2D eigenvalue weighted by molar-refractivity contribution is 5.85. The van der Waals surface area contributed by atoms with Gasteiger partial charge >= 0.3 is 5.97 Å². The van der Waals surface area contributed by atoms with Crippen molar-refractivity contribution in [1.82, 2.24) is 5.32 Å². The Morgan fingerprint density at radius 2 is 1.95 bits per heavy atom. The Balaban J connectivity index is 1.99. The molecule has 1 amide bonds. The van der Waals surface area contributed by atoms with Gasteiger partial charge in [-0.3, -0.25) is 4.79 Å². The zero-order chi connectivity index (χ0) is 15.4. The fourth-order valence-corrected chi connectivity index (χ4v) is 2.15. The molecule has 1 aliphatic carbocycles. The van der Waals surface area contributed by atoms with Crippen molar-refractivity contribution in [3.63, 3.8) is 0 Å². The number of hydrogen-bond donors (Lipinski definition) is 1. The van der Waals surface area contributed by atoms with Crippen molar-refractivity contribution in [2.75, 3.05) is 7.11 Å². The Morgan fingerprint density at radius 1 is 1.33 bits per heavy atom. The summed E-state index contributed by atoms with van der Waals surface area (Å²) in [6.45, 7) is 0. The summed E-state index contributed by atoms with van der Waals surface area (Å²) >= 11 is 0. The van der Waals surface area contributed by atoms with Crippen LogP contribution in [0.5, 0.6) is 0 Å². The van der Waals surface area contributed by atoms with E-state index in [0.29, 0.717) is 12.3 Å². The van der Waals surface area contributed by atoms with Gasteiger partial charge in [0.25, 0.3) is 0 Å². The molecule has 0 radical (unpaired) electrons. The minimum Gasteiger partial charge on any atom is -0.467 e. The Morgan fingerprint density at radius 3 is 2.48 bits per heavy atom. The van der Waals surface area contributed by atoms with Gasteiger partial charge < -0.3 is 10.1 Å². The molecule has 1 aromatic rings. The molecule has 0 spiro atoms. The molecule has 1 N–H and O–H groups in total. The van der Waals surface area contributed by atoms with Gasteiger partial charge in [0, 0.05) is 5.56 Å². The molecule has 4 nitrogen and oxygen atoms in total. The van der Waals surface area contributed by atoms with E-state index in [1.807, 2.05) is 0 Å². The molecule has 1 fully saturated rings. The number of esters is 1. The summed E-state index contributed by atoms with van der Waals surface area (Å²) in [5.74, 6) is -2.29. The van der Waals surface area contributed by atoms with E-state index in [9.17, 15) is 18.4 Å².